The van der Waals surface area contributed by atoms with E-state index in [-0.39, 0.29) is 28.1 Å². The van der Waals surface area contributed by atoms with Gasteiger partial charge in [-0.3, -0.25) is 9.59 Å². The number of amides is 2. The quantitative estimate of drug-likeness (QED) is 0.0414. The second-order valence-electron chi connectivity index (χ2n) is 29.2. The summed E-state index contributed by atoms with van der Waals surface area (Å²) >= 11 is 7.45. The Labute approximate surface area is 548 Å². The first-order valence-corrected chi connectivity index (χ1v) is 39.7. The number of carbonyl (C=O) groups is 2. The molecule has 6 nitrogen and oxygen atoms in total. The zero-order valence-corrected chi connectivity index (χ0v) is 60.8. The highest BCUT2D eigenvalue weighted by Crippen LogP contribution is 2.62. The second kappa shape index (κ2) is 35.8. The van der Waals surface area contributed by atoms with Crippen molar-refractivity contribution < 1.29 is 9.59 Å². The summed E-state index contributed by atoms with van der Waals surface area (Å²) in [5, 5.41) is 1.62. The molecule has 87 heavy (non-hydrogen) atoms. The van der Waals surface area contributed by atoms with Crippen molar-refractivity contribution in [3.63, 3.8) is 0 Å². The molecule has 0 fully saturated rings. The number of thiophene rings is 2. The summed E-state index contributed by atoms with van der Waals surface area (Å²) in [6.07, 6.45) is 51.3. The first-order chi connectivity index (χ1) is 42.1. The predicted molar refractivity (Wildman–Crippen MR) is 383 cm³/mol. The van der Waals surface area contributed by atoms with Crippen LogP contribution in [0.15, 0.2) is 35.7 Å². The Hall–Kier alpha value is -2.92. The average Bonchev–Trinajstić information content (AvgIpc) is 1.59. The lowest BCUT2D eigenvalue weighted by Gasteiger charge is -2.32. The van der Waals surface area contributed by atoms with Gasteiger partial charge in [-0.15, -0.1) is 45.3 Å². The van der Waals surface area contributed by atoms with E-state index in [0.29, 0.717) is 36.1 Å². The number of thiazole rings is 2. The Morgan fingerprint density at radius 1 is 0.402 bits per heavy atom. The monoisotopic (exact) mass is 1260 g/mol. The van der Waals surface area contributed by atoms with Gasteiger partial charge in [0.05, 0.1) is 27.4 Å². The van der Waals surface area contributed by atoms with Crippen LogP contribution in [0.5, 0.6) is 0 Å². The third-order valence-corrected chi connectivity index (χ3v) is 25.2. The fourth-order valence-corrected chi connectivity index (χ4v) is 19.1. The van der Waals surface area contributed by atoms with Gasteiger partial charge in [-0.05, 0) is 84.5 Å². The highest BCUT2D eigenvalue weighted by Gasteiger charge is 2.52. The molecule has 7 rings (SSSR count). The van der Waals surface area contributed by atoms with Crippen LogP contribution in [0, 0.1) is 11.8 Å². The van der Waals surface area contributed by atoms with Crippen LogP contribution >= 0.6 is 45.3 Å². The Balaban J connectivity index is 1.36. The predicted octanol–water partition coefficient (Wildman–Crippen LogP) is 25.2. The minimum absolute atomic E-state index is 0.00524. The van der Waals surface area contributed by atoms with Gasteiger partial charge in [-0.2, -0.15) is 0 Å². The number of nitrogens with zero attached hydrogens (tertiary/aromatic N) is 4. The summed E-state index contributed by atoms with van der Waals surface area (Å²) in [6, 6.07) is 5.25. The molecule has 0 N–H and O–H groups in total. The van der Waals surface area contributed by atoms with Gasteiger partial charge in [-0.1, -0.05) is 289 Å². The normalized spacial score (nSPS) is 15.7. The second-order valence-corrected chi connectivity index (χ2v) is 33.4. The molecule has 2 unspecified atom stereocenters. The van der Waals surface area contributed by atoms with Crippen molar-refractivity contribution in [2.75, 3.05) is 13.1 Å². The van der Waals surface area contributed by atoms with Gasteiger partial charge in [-0.25, -0.2) is 9.97 Å². The van der Waals surface area contributed by atoms with E-state index >= 15 is 9.59 Å². The Bertz CT molecular complexity index is 2750. The summed E-state index contributed by atoms with van der Waals surface area (Å²) in [4.78, 5) is 55.3. The third-order valence-electron chi connectivity index (χ3n) is 19.7. The molecule has 0 spiro atoms. The minimum Gasteiger partial charge on any atom is -0.304 e. The largest absolute Gasteiger partial charge is 0.304 e. The molecule has 2 aliphatic heterocycles. The van der Waals surface area contributed by atoms with Crippen molar-refractivity contribution in [2.24, 2.45) is 11.8 Å². The van der Waals surface area contributed by atoms with E-state index in [1.165, 1.54) is 243 Å². The number of carbonyl (C=O) groups excluding carboxylic acids is 2. The molecule has 0 aromatic carbocycles. The van der Waals surface area contributed by atoms with Crippen LogP contribution in [0.2, 0.25) is 0 Å². The number of fused-ring (bicyclic) bond motifs is 4. The van der Waals surface area contributed by atoms with Crippen LogP contribution in [-0.2, 0) is 25.8 Å². The summed E-state index contributed by atoms with van der Waals surface area (Å²) in [6.45, 7) is 29.0. The molecule has 2 atom stereocenters. The maximum absolute atomic E-state index is 16.2. The molecule has 0 saturated heterocycles. The SMILES string of the molecule is CCCCCCCCC(CCCCCC)CN1C(=O)C2=C(c3ncc(C(C)(C)C)s3)N(CC(CCCCCC)CCCCCCCC)C(=O)C2=C1c1ncc(-c2cc3c(s2)-c2sc(C(C)(C)C)cc2C3(CCCCCCCC)CCCCCCCC)s1. The van der Waals surface area contributed by atoms with Crippen molar-refractivity contribution in [2.45, 2.75) is 343 Å². The molecule has 6 heterocycles. The topological polar surface area (TPSA) is 66.4 Å². The smallest absolute Gasteiger partial charge is 0.261 e. The van der Waals surface area contributed by atoms with Crippen LogP contribution in [0.3, 0.4) is 0 Å². The van der Waals surface area contributed by atoms with Gasteiger partial charge in [0.1, 0.15) is 10.0 Å². The van der Waals surface area contributed by atoms with Crippen LogP contribution in [0.25, 0.3) is 30.9 Å². The zero-order valence-electron chi connectivity index (χ0n) is 57.5. The van der Waals surface area contributed by atoms with Crippen LogP contribution < -0.4 is 0 Å². The molecule has 0 radical (unpaired) electrons. The lowest BCUT2D eigenvalue weighted by molar-refractivity contribution is -0.124. The van der Waals surface area contributed by atoms with Gasteiger partial charge < -0.3 is 9.80 Å². The molecule has 10 heteroatoms. The number of hydrogen-bond donors (Lipinski definition) is 0. The van der Waals surface area contributed by atoms with Gasteiger partial charge in [0.15, 0.2) is 0 Å². The van der Waals surface area contributed by atoms with E-state index < -0.39 is 0 Å². The highest BCUT2D eigenvalue weighted by molar-refractivity contribution is 7.27. The van der Waals surface area contributed by atoms with Crippen molar-refractivity contribution in [1.29, 1.82) is 0 Å². The van der Waals surface area contributed by atoms with E-state index in [9.17, 15) is 0 Å². The average molecular weight is 1260 g/mol. The molecular weight excluding hydrogens is 1140 g/mol. The first-order valence-electron chi connectivity index (χ1n) is 36.4. The summed E-state index contributed by atoms with van der Waals surface area (Å²) in [5.41, 5.74) is 5.82. The van der Waals surface area contributed by atoms with Gasteiger partial charge >= 0.3 is 0 Å². The molecule has 0 bridgehead atoms. The zero-order chi connectivity index (χ0) is 62.4. The summed E-state index contributed by atoms with van der Waals surface area (Å²) in [5.74, 6) is 0.647. The molecule has 4 aromatic rings. The standard InChI is InChI=1S/C77H122N4O2S4/c1-13-19-25-31-35-41-47-57(45-39-29-23-17-5)55-80-67(65-66(74(80)83)68(72-79-54-64(87-72)76(10,11)12)81(73(65)82)56-58(46-40-30-24-18-6)48-42-36-32-26-20-14-2)71-78-53-62(85-71)61-51-59-69(84-61)70-60(52-63(86-70)75(7,8)9)77(59,49-43-37-33-27-21-15-3)50-44-38-34-28-22-16-4/h51-54,57-58H,13-50,55-56H2,1-12H3. The Kier molecular flexibility index (Phi) is 29.4. The molecule has 0 saturated carbocycles. The van der Waals surface area contributed by atoms with Crippen molar-refractivity contribution in [3.8, 4) is 19.5 Å². The molecule has 2 amide bonds. The van der Waals surface area contributed by atoms with Crippen molar-refractivity contribution in [1.82, 2.24) is 19.8 Å². The van der Waals surface area contributed by atoms with Crippen molar-refractivity contribution in [3.05, 3.63) is 66.6 Å². The van der Waals surface area contributed by atoms with E-state index in [1.54, 1.807) is 33.8 Å². The Morgan fingerprint density at radius 2 is 0.759 bits per heavy atom. The molecule has 3 aliphatic rings. The van der Waals surface area contributed by atoms with E-state index in [1.807, 2.05) is 17.5 Å². The Morgan fingerprint density at radius 3 is 1.17 bits per heavy atom. The molecule has 1 aliphatic carbocycles. The maximum atomic E-state index is 16.2. The van der Waals surface area contributed by atoms with E-state index in [4.69, 9.17) is 9.97 Å². The summed E-state index contributed by atoms with van der Waals surface area (Å²) < 4.78 is 0. The number of hydrogen-bond acceptors (Lipinski definition) is 8. The van der Waals surface area contributed by atoms with Gasteiger partial charge in [0, 0.05) is 55.3 Å². The van der Waals surface area contributed by atoms with E-state index in [2.05, 4.69) is 123 Å². The lowest BCUT2D eigenvalue weighted by Crippen LogP contribution is -2.35. The first kappa shape index (κ1) is 71.5. The van der Waals surface area contributed by atoms with Gasteiger partial charge in [0.2, 0.25) is 0 Å². The number of rotatable bonds is 45. The number of unbranched alkanes of at least 4 members (excludes halogenated alkanes) is 26. The van der Waals surface area contributed by atoms with Gasteiger partial charge in [0.25, 0.3) is 11.8 Å². The molecule has 486 valence electrons. The van der Waals surface area contributed by atoms with Crippen LogP contribution in [0.1, 0.15) is 358 Å². The van der Waals surface area contributed by atoms with Crippen molar-refractivity contribution >= 4 is 68.6 Å². The number of aromatic nitrogens is 2. The van der Waals surface area contributed by atoms with E-state index in [0.717, 1.165) is 52.0 Å². The molecule has 4 aromatic heterocycles. The third kappa shape index (κ3) is 19.1. The van der Waals surface area contributed by atoms with Crippen LogP contribution in [-0.4, -0.2) is 44.7 Å². The fourth-order valence-electron chi connectivity index (χ4n) is 14.3. The summed E-state index contributed by atoms with van der Waals surface area (Å²) in [7, 11) is 0. The fraction of sp³-hybridized carbons (Fsp3) is 0.740. The lowest BCUT2D eigenvalue weighted by atomic mass is 9.71. The molecular formula is C77H122N4O2S4. The maximum Gasteiger partial charge on any atom is 0.261 e. The highest BCUT2D eigenvalue weighted by atomic mass is 32.1. The minimum atomic E-state index is -0.118. The van der Waals surface area contributed by atoms with Crippen LogP contribution in [0.4, 0.5) is 0 Å².